The number of non-ortho nitro benzene ring substituents is 1. The van der Waals surface area contributed by atoms with E-state index in [-0.39, 0.29) is 17.5 Å². The van der Waals surface area contributed by atoms with Crippen molar-refractivity contribution in [1.29, 1.82) is 0 Å². The average Bonchev–Trinajstić information content (AvgIpc) is 2.59. The van der Waals surface area contributed by atoms with Gasteiger partial charge in [0.1, 0.15) is 11.5 Å². The Morgan fingerprint density at radius 3 is 2.22 bits per heavy atom. The summed E-state index contributed by atoms with van der Waals surface area (Å²) in [5.74, 6) is -0.396. The van der Waals surface area contributed by atoms with Crippen LogP contribution in [0, 0.1) is 10.1 Å². The first-order chi connectivity index (χ1) is 12.5. The van der Waals surface area contributed by atoms with Crippen LogP contribution in [0.25, 0.3) is 0 Å². The van der Waals surface area contributed by atoms with Crippen LogP contribution in [0.15, 0.2) is 24.3 Å². The fraction of sp³-hybridized carbons (Fsp3) is 0.556. The van der Waals surface area contributed by atoms with Gasteiger partial charge in [0.15, 0.2) is 0 Å². The van der Waals surface area contributed by atoms with Crippen LogP contribution in [0.1, 0.15) is 26.3 Å². The average molecular weight is 400 g/mol. The minimum atomic E-state index is -0.590. The summed E-state index contributed by atoms with van der Waals surface area (Å²) in [6.07, 6.45) is 0.0627. The molecule has 0 aliphatic carbocycles. The molecular formula is C18H26ClN3O5. The smallest absolute Gasteiger partial charge is 0.410 e. The maximum absolute atomic E-state index is 12.1. The molecule has 0 spiro atoms. The number of nitro benzene ring substituents is 1. The fourth-order valence-electron chi connectivity index (χ4n) is 2.20. The number of likely N-dealkylation sites (N-methyl/N-ethyl adjacent to an activating group) is 1. The maximum Gasteiger partial charge on any atom is 0.410 e. The number of ether oxygens (including phenoxy) is 1. The summed E-state index contributed by atoms with van der Waals surface area (Å²) in [5.41, 5.74) is 0.298. The van der Waals surface area contributed by atoms with E-state index in [1.165, 1.54) is 17.0 Å². The lowest BCUT2D eigenvalue weighted by atomic mass is 10.1. The maximum atomic E-state index is 12.1. The van der Waals surface area contributed by atoms with Gasteiger partial charge in [-0.25, -0.2) is 4.79 Å². The molecule has 27 heavy (non-hydrogen) atoms. The third-order valence-corrected chi connectivity index (χ3v) is 3.92. The lowest BCUT2D eigenvalue weighted by molar-refractivity contribution is -0.384. The van der Waals surface area contributed by atoms with Crippen LogP contribution < -0.4 is 0 Å². The molecule has 2 amide bonds. The molecule has 0 heterocycles. The number of carbonyl (C=O) groups excluding carboxylic acids is 2. The summed E-state index contributed by atoms with van der Waals surface area (Å²) in [7, 11) is 1.60. The lowest BCUT2D eigenvalue weighted by Gasteiger charge is -2.27. The normalized spacial score (nSPS) is 11.0. The minimum Gasteiger partial charge on any atom is -0.444 e. The number of carbonyl (C=O) groups is 2. The van der Waals surface area contributed by atoms with Crippen LogP contribution in [0.5, 0.6) is 0 Å². The van der Waals surface area contributed by atoms with Crippen molar-refractivity contribution >= 4 is 29.3 Å². The van der Waals surface area contributed by atoms with Gasteiger partial charge in [0, 0.05) is 38.8 Å². The molecule has 0 aromatic heterocycles. The van der Waals surface area contributed by atoms with E-state index in [2.05, 4.69) is 0 Å². The zero-order chi connectivity index (χ0) is 20.6. The Kier molecular flexibility index (Phi) is 8.49. The fourth-order valence-corrected chi connectivity index (χ4v) is 2.36. The summed E-state index contributed by atoms with van der Waals surface area (Å²) in [4.78, 5) is 37.3. The van der Waals surface area contributed by atoms with Gasteiger partial charge >= 0.3 is 6.09 Å². The number of benzene rings is 1. The Morgan fingerprint density at radius 2 is 1.74 bits per heavy atom. The first-order valence-corrected chi connectivity index (χ1v) is 9.08. The van der Waals surface area contributed by atoms with Crippen LogP contribution in [0.4, 0.5) is 10.5 Å². The highest BCUT2D eigenvalue weighted by atomic mass is 35.5. The molecule has 0 unspecified atom stereocenters. The summed E-state index contributed by atoms with van der Waals surface area (Å²) in [6, 6.07) is 6.18. The third-order valence-electron chi connectivity index (χ3n) is 3.70. The van der Waals surface area contributed by atoms with Crippen LogP contribution in [0.3, 0.4) is 0 Å². The lowest BCUT2D eigenvalue weighted by Crippen LogP contribution is -2.42. The molecule has 0 aliphatic rings. The molecule has 1 aromatic carbocycles. The van der Waals surface area contributed by atoms with Crippen molar-refractivity contribution in [3.05, 3.63) is 39.9 Å². The minimum absolute atomic E-state index is 0.0198. The molecule has 0 N–H and O–H groups in total. The zero-order valence-corrected chi connectivity index (χ0v) is 16.9. The van der Waals surface area contributed by atoms with Crippen molar-refractivity contribution < 1.29 is 19.2 Å². The Hall–Kier alpha value is -2.35. The SMILES string of the molecule is CN(CCN(CCc1ccc([N+](=O)[O-])cc1)C(=O)CCl)C(=O)OC(C)(C)C. The van der Waals surface area contributed by atoms with Crippen molar-refractivity contribution in [2.24, 2.45) is 0 Å². The van der Waals surface area contributed by atoms with Crippen LogP contribution in [-0.2, 0) is 16.0 Å². The highest BCUT2D eigenvalue weighted by molar-refractivity contribution is 6.27. The standard InChI is InChI=1S/C18H26ClN3O5/c1-18(2,3)27-17(24)20(4)11-12-21(16(23)13-19)10-9-14-5-7-15(8-6-14)22(25)26/h5-8H,9-13H2,1-4H3. The van der Waals surface area contributed by atoms with E-state index in [0.29, 0.717) is 26.1 Å². The quantitative estimate of drug-likeness (QED) is 0.380. The topological polar surface area (TPSA) is 93.0 Å². The highest BCUT2D eigenvalue weighted by Gasteiger charge is 2.21. The van der Waals surface area contributed by atoms with Crippen LogP contribution in [-0.4, -0.2) is 64.9 Å². The number of rotatable bonds is 8. The van der Waals surface area contributed by atoms with Gasteiger partial charge in [-0.05, 0) is 32.8 Å². The number of alkyl halides is 1. The summed E-state index contributed by atoms with van der Waals surface area (Å²) >= 11 is 5.68. The predicted octanol–water partition coefficient (Wildman–Crippen LogP) is 3.07. The van der Waals surface area contributed by atoms with Gasteiger partial charge in [0.25, 0.3) is 5.69 Å². The molecule has 150 valence electrons. The highest BCUT2D eigenvalue weighted by Crippen LogP contribution is 2.13. The third kappa shape index (κ3) is 8.25. The van der Waals surface area contributed by atoms with E-state index in [9.17, 15) is 19.7 Å². The van der Waals surface area contributed by atoms with Gasteiger partial charge in [-0.2, -0.15) is 0 Å². The molecule has 1 aromatic rings. The van der Waals surface area contributed by atoms with Gasteiger partial charge in [-0.15, -0.1) is 11.6 Å². The largest absolute Gasteiger partial charge is 0.444 e. The molecule has 9 heteroatoms. The Balaban J connectivity index is 2.61. The molecule has 0 fully saturated rings. The van der Waals surface area contributed by atoms with E-state index in [1.807, 2.05) is 0 Å². The second-order valence-corrected chi connectivity index (χ2v) is 7.36. The number of halogens is 1. The molecule has 0 saturated heterocycles. The van der Waals surface area contributed by atoms with Crippen LogP contribution >= 0.6 is 11.6 Å². The predicted molar refractivity (Wildman–Crippen MR) is 103 cm³/mol. The van der Waals surface area contributed by atoms with Crippen molar-refractivity contribution in [2.75, 3.05) is 32.6 Å². The van der Waals surface area contributed by atoms with Gasteiger partial charge < -0.3 is 14.5 Å². The molecule has 0 radical (unpaired) electrons. The first kappa shape index (κ1) is 22.7. The van der Waals surface area contributed by atoms with Gasteiger partial charge in [-0.1, -0.05) is 12.1 Å². The second kappa shape index (κ2) is 10.1. The number of hydrogen-bond donors (Lipinski definition) is 0. The molecule has 1 rings (SSSR count). The van der Waals surface area contributed by atoms with Crippen molar-refractivity contribution in [2.45, 2.75) is 32.8 Å². The first-order valence-electron chi connectivity index (χ1n) is 8.54. The summed E-state index contributed by atoms with van der Waals surface area (Å²) < 4.78 is 5.28. The van der Waals surface area contributed by atoms with E-state index in [4.69, 9.17) is 16.3 Å². The molecule has 0 bridgehead atoms. The molecule has 0 aliphatic heterocycles. The van der Waals surface area contributed by atoms with Gasteiger partial charge in [0.05, 0.1) is 4.92 Å². The van der Waals surface area contributed by atoms with E-state index < -0.39 is 16.6 Å². The van der Waals surface area contributed by atoms with Crippen LogP contribution in [0.2, 0.25) is 0 Å². The van der Waals surface area contributed by atoms with Crippen molar-refractivity contribution in [3.8, 4) is 0 Å². The Bertz CT molecular complexity index is 658. The van der Waals surface area contributed by atoms with Crippen molar-refractivity contribution in [1.82, 2.24) is 9.80 Å². The molecular weight excluding hydrogens is 374 g/mol. The summed E-state index contributed by atoms with van der Waals surface area (Å²) in [6.45, 7) is 6.36. The molecule has 0 atom stereocenters. The van der Waals surface area contributed by atoms with E-state index in [0.717, 1.165) is 5.56 Å². The number of hydrogen-bond acceptors (Lipinski definition) is 5. The number of amides is 2. The number of nitro groups is 1. The molecule has 0 saturated carbocycles. The molecule has 8 nitrogen and oxygen atoms in total. The van der Waals surface area contributed by atoms with Crippen molar-refractivity contribution in [3.63, 3.8) is 0 Å². The summed E-state index contributed by atoms with van der Waals surface area (Å²) in [5, 5.41) is 10.7. The Morgan fingerprint density at radius 1 is 1.15 bits per heavy atom. The monoisotopic (exact) mass is 399 g/mol. The van der Waals surface area contributed by atoms with Gasteiger partial charge in [-0.3, -0.25) is 14.9 Å². The second-order valence-electron chi connectivity index (χ2n) is 7.09. The number of nitrogens with zero attached hydrogens (tertiary/aromatic N) is 3. The Labute approximate surface area is 164 Å². The zero-order valence-electron chi connectivity index (χ0n) is 16.1. The van der Waals surface area contributed by atoms with E-state index >= 15 is 0 Å². The van der Waals surface area contributed by atoms with Gasteiger partial charge in [0.2, 0.25) is 5.91 Å². The van der Waals surface area contributed by atoms with E-state index in [1.54, 1.807) is 44.9 Å².